The molecule has 0 bridgehead atoms. The van der Waals surface area contributed by atoms with Crippen molar-refractivity contribution >= 4 is 73.6 Å². The molecule has 94 valence electrons. The molecule has 0 aromatic heterocycles. The molecule has 0 heterocycles. The predicted octanol–water partition coefficient (Wildman–Crippen LogP) is 4.64. The number of ether oxygens (including phenoxy) is 1. The number of Topliss-reactive ketones (excluding diaryl/α,β-unsaturated/α-hetero) is 1. The Morgan fingerprint density at radius 2 is 1.76 bits per heavy atom. The number of halogens is 3. The van der Waals surface area contributed by atoms with Gasteiger partial charge in [-0.3, -0.25) is 0 Å². The first-order valence-electron chi connectivity index (χ1n) is 5.27. The van der Waals surface area contributed by atoms with E-state index in [1.54, 1.807) is 6.92 Å². The van der Waals surface area contributed by atoms with Crippen molar-refractivity contribution in [3.8, 4) is 5.75 Å². The molecule has 2 nitrogen and oxygen atoms in total. The minimum absolute atomic E-state index is 0.253. The van der Waals surface area contributed by atoms with Crippen molar-refractivity contribution in [3.63, 3.8) is 0 Å². The van der Waals surface area contributed by atoms with Gasteiger partial charge in [-0.1, -0.05) is 0 Å². The van der Waals surface area contributed by atoms with Gasteiger partial charge in [0.1, 0.15) is 11.5 Å². The largest absolute Gasteiger partial charge is 0.491 e. The van der Waals surface area contributed by atoms with Crippen LogP contribution in [0.2, 0.25) is 0 Å². The summed E-state index contributed by atoms with van der Waals surface area (Å²) in [6.07, 6.45) is 2.49. The zero-order valence-electron chi connectivity index (χ0n) is 9.43. The molecule has 0 amide bonds. The third-order valence-electron chi connectivity index (χ3n) is 2.13. The van der Waals surface area contributed by atoms with Crippen LogP contribution >= 0.6 is 67.8 Å². The molecule has 1 rings (SSSR count). The molecule has 17 heavy (non-hydrogen) atoms. The average Bonchev–Trinajstić information content (AvgIpc) is 2.20. The minimum atomic E-state index is 0.253. The molecular weight excluding hydrogens is 557 g/mol. The molecule has 5 heteroatoms. The predicted molar refractivity (Wildman–Crippen MR) is 94.6 cm³/mol. The molecule has 0 aliphatic heterocycles. The van der Waals surface area contributed by atoms with Crippen LogP contribution in [-0.4, -0.2) is 12.4 Å². The second-order valence-electron chi connectivity index (χ2n) is 3.71. The molecule has 0 saturated carbocycles. The number of rotatable bonds is 6. The third kappa shape index (κ3) is 6.04. The summed E-state index contributed by atoms with van der Waals surface area (Å²) < 4.78 is 9.29. The van der Waals surface area contributed by atoms with Crippen LogP contribution in [-0.2, 0) is 4.79 Å². The van der Waals surface area contributed by atoms with Gasteiger partial charge >= 0.3 is 0 Å². The van der Waals surface area contributed by atoms with Gasteiger partial charge in [-0.2, -0.15) is 0 Å². The summed E-state index contributed by atoms with van der Waals surface area (Å²) >= 11 is 6.89. The fourth-order valence-corrected chi connectivity index (χ4v) is 5.21. The number of hydrogen-bond donors (Lipinski definition) is 0. The number of carbonyl (C=O) groups excluding carboxylic acids is 1. The van der Waals surface area contributed by atoms with Crippen LogP contribution in [0.5, 0.6) is 5.75 Å². The van der Waals surface area contributed by atoms with Crippen molar-refractivity contribution in [2.45, 2.75) is 26.2 Å². The molecule has 0 N–H and O–H groups in total. The lowest BCUT2D eigenvalue weighted by molar-refractivity contribution is -0.117. The fraction of sp³-hybridized carbons (Fsp3) is 0.417. The Bertz CT molecular complexity index is 382. The van der Waals surface area contributed by atoms with Crippen molar-refractivity contribution in [1.29, 1.82) is 0 Å². The number of benzene rings is 1. The zero-order chi connectivity index (χ0) is 12.8. The van der Waals surface area contributed by atoms with Gasteiger partial charge in [0.05, 0.1) is 13.7 Å². The van der Waals surface area contributed by atoms with E-state index in [4.69, 9.17) is 4.74 Å². The van der Waals surface area contributed by atoms with Gasteiger partial charge in [-0.05, 0) is 99.7 Å². The summed E-state index contributed by atoms with van der Waals surface area (Å²) in [5, 5.41) is 0. The summed E-state index contributed by atoms with van der Waals surface area (Å²) in [6.45, 7) is 2.31. The van der Waals surface area contributed by atoms with Crippen LogP contribution in [0, 0.1) is 10.7 Å². The summed E-state index contributed by atoms with van der Waals surface area (Å²) in [7, 11) is 0. The molecule has 0 aliphatic rings. The van der Waals surface area contributed by atoms with Crippen molar-refractivity contribution in [1.82, 2.24) is 0 Å². The van der Waals surface area contributed by atoms with Gasteiger partial charge in [-0.15, -0.1) is 0 Å². The third-order valence-corrected chi connectivity index (χ3v) is 4.36. The summed E-state index contributed by atoms with van der Waals surface area (Å²) in [5.74, 6) is 1.22. The van der Waals surface area contributed by atoms with E-state index in [1.807, 2.05) is 0 Å². The molecule has 0 aliphatic carbocycles. The van der Waals surface area contributed by atoms with Gasteiger partial charge in [0.25, 0.3) is 0 Å². The van der Waals surface area contributed by atoms with Crippen LogP contribution in [0.15, 0.2) is 12.1 Å². The Balaban J connectivity index is 2.44. The summed E-state index contributed by atoms with van der Waals surface area (Å²) in [4.78, 5) is 10.8. The SMILES string of the molecule is CC(=O)CCCCOc1c(I)cc(I)cc1I. The summed E-state index contributed by atoms with van der Waals surface area (Å²) in [6, 6.07) is 4.21. The molecule has 0 unspecified atom stereocenters. The first-order chi connectivity index (χ1) is 8.00. The Kier molecular flexibility index (Phi) is 7.62. The minimum Gasteiger partial charge on any atom is -0.491 e. The van der Waals surface area contributed by atoms with Gasteiger partial charge in [0.15, 0.2) is 0 Å². The van der Waals surface area contributed by atoms with E-state index in [1.165, 1.54) is 3.57 Å². The maximum absolute atomic E-state index is 10.8. The zero-order valence-corrected chi connectivity index (χ0v) is 15.9. The standard InChI is InChI=1S/C12H13I3O2/c1-8(16)4-2-3-5-17-12-10(14)6-9(13)7-11(12)15/h6-7H,2-5H2,1H3. The van der Waals surface area contributed by atoms with Crippen LogP contribution in [0.25, 0.3) is 0 Å². The molecule has 1 aromatic rings. The normalized spacial score (nSPS) is 10.4. The number of carbonyl (C=O) groups is 1. The van der Waals surface area contributed by atoms with Gasteiger partial charge < -0.3 is 9.53 Å². The molecule has 0 atom stereocenters. The quantitative estimate of drug-likeness (QED) is 0.369. The van der Waals surface area contributed by atoms with Crippen molar-refractivity contribution in [2.75, 3.05) is 6.61 Å². The molecule has 0 saturated heterocycles. The van der Waals surface area contributed by atoms with E-state index in [0.717, 1.165) is 25.7 Å². The lowest BCUT2D eigenvalue weighted by Gasteiger charge is -2.10. The Labute approximate surface area is 143 Å². The smallest absolute Gasteiger partial charge is 0.145 e. The summed E-state index contributed by atoms with van der Waals surface area (Å²) in [5.41, 5.74) is 0. The molecular formula is C12H13I3O2. The first-order valence-corrected chi connectivity index (χ1v) is 8.51. The van der Waals surface area contributed by atoms with Crippen LogP contribution in [0.4, 0.5) is 0 Å². The Hall–Kier alpha value is 0.880. The lowest BCUT2D eigenvalue weighted by Crippen LogP contribution is -2.02. The van der Waals surface area contributed by atoms with E-state index in [-0.39, 0.29) is 5.78 Å². The number of ketones is 1. The topological polar surface area (TPSA) is 26.3 Å². The lowest BCUT2D eigenvalue weighted by atomic mass is 10.2. The molecule has 0 fully saturated rings. The van der Waals surface area contributed by atoms with Gasteiger partial charge in [0.2, 0.25) is 0 Å². The second kappa shape index (κ2) is 8.13. The van der Waals surface area contributed by atoms with E-state index >= 15 is 0 Å². The van der Waals surface area contributed by atoms with E-state index < -0.39 is 0 Å². The van der Waals surface area contributed by atoms with E-state index in [0.29, 0.717) is 13.0 Å². The molecule has 0 radical (unpaired) electrons. The second-order valence-corrected chi connectivity index (χ2v) is 7.28. The number of unbranched alkanes of at least 4 members (excludes halogenated alkanes) is 1. The Morgan fingerprint density at radius 3 is 2.29 bits per heavy atom. The maximum Gasteiger partial charge on any atom is 0.145 e. The van der Waals surface area contributed by atoms with Crippen LogP contribution in [0.1, 0.15) is 26.2 Å². The highest BCUT2D eigenvalue weighted by Crippen LogP contribution is 2.29. The van der Waals surface area contributed by atoms with Gasteiger partial charge in [0, 0.05) is 9.99 Å². The first kappa shape index (κ1) is 15.9. The van der Waals surface area contributed by atoms with Gasteiger partial charge in [-0.25, -0.2) is 0 Å². The fourth-order valence-electron chi connectivity index (χ4n) is 1.32. The van der Waals surface area contributed by atoms with Crippen LogP contribution < -0.4 is 4.74 Å². The highest BCUT2D eigenvalue weighted by Gasteiger charge is 2.07. The average molecular weight is 570 g/mol. The Morgan fingerprint density at radius 1 is 1.18 bits per heavy atom. The number of hydrogen-bond acceptors (Lipinski definition) is 2. The van der Waals surface area contributed by atoms with Crippen LogP contribution in [0.3, 0.4) is 0 Å². The molecule has 1 aromatic carbocycles. The van der Waals surface area contributed by atoms with E-state index in [9.17, 15) is 4.79 Å². The van der Waals surface area contributed by atoms with Crippen molar-refractivity contribution in [3.05, 3.63) is 22.8 Å². The van der Waals surface area contributed by atoms with Crippen molar-refractivity contribution in [2.24, 2.45) is 0 Å². The highest BCUT2D eigenvalue weighted by molar-refractivity contribution is 14.1. The van der Waals surface area contributed by atoms with Crippen molar-refractivity contribution < 1.29 is 9.53 Å². The molecule has 0 spiro atoms. The monoisotopic (exact) mass is 570 g/mol. The maximum atomic E-state index is 10.8. The highest BCUT2D eigenvalue weighted by atomic mass is 127. The van der Waals surface area contributed by atoms with E-state index in [2.05, 4.69) is 79.9 Å².